The minimum atomic E-state index is 0.328. The van der Waals surface area contributed by atoms with E-state index in [-0.39, 0.29) is 0 Å². The summed E-state index contributed by atoms with van der Waals surface area (Å²) in [5, 5.41) is 0. The van der Waals surface area contributed by atoms with Crippen LogP contribution in [0.25, 0.3) is 0 Å². The maximum absolute atomic E-state index is 5.64. The highest BCUT2D eigenvalue weighted by Crippen LogP contribution is 2.75. The predicted octanol–water partition coefficient (Wildman–Crippen LogP) is 1.82. The average Bonchev–Trinajstić information content (AvgIpc) is 2.29. The van der Waals surface area contributed by atoms with Crippen molar-refractivity contribution in [1.82, 2.24) is 0 Å². The van der Waals surface area contributed by atoms with Gasteiger partial charge in [0.25, 0.3) is 0 Å². The lowest BCUT2D eigenvalue weighted by Gasteiger charge is -2.48. The summed E-state index contributed by atoms with van der Waals surface area (Å²) >= 11 is 0. The number of epoxide rings is 1. The van der Waals surface area contributed by atoms with E-state index in [0.717, 1.165) is 11.8 Å². The number of rotatable bonds is 0. The molecule has 1 heterocycles. The van der Waals surface area contributed by atoms with Crippen molar-refractivity contribution in [1.29, 1.82) is 0 Å². The van der Waals surface area contributed by atoms with E-state index in [0.29, 0.717) is 17.1 Å². The Morgan fingerprint density at radius 1 is 1.30 bits per heavy atom. The van der Waals surface area contributed by atoms with Crippen LogP contribution in [0, 0.1) is 17.3 Å². The predicted molar refractivity (Wildman–Crippen MR) is 38.7 cm³/mol. The Kier molecular flexibility index (Phi) is 0.602. The van der Waals surface area contributed by atoms with Crippen LogP contribution >= 0.6 is 0 Å². The van der Waals surface area contributed by atoms with Crippen molar-refractivity contribution in [3.8, 4) is 0 Å². The van der Waals surface area contributed by atoms with Gasteiger partial charge < -0.3 is 4.74 Å². The summed E-state index contributed by atoms with van der Waals surface area (Å²) in [7, 11) is 0. The molecule has 0 radical (unpaired) electrons. The molecule has 0 aromatic carbocycles. The van der Waals surface area contributed by atoms with Crippen molar-refractivity contribution < 1.29 is 4.74 Å². The van der Waals surface area contributed by atoms with E-state index in [4.69, 9.17) is 4.74 Å². The molecule has 1 aliphatic heterocycles. The summed E-state index contributed by atoms with van der Waals surface area (Å²) in [6.45, 7) is 7.08. The fraction of sp³-hybridized carbons (Fsp3) is 1.00. The first-order valence-electron chi connectivity index (χ1n) is 4.24. The van der Waals surface area contributed by atoms with E-state index in [9.17, 15) is 0 Å². The SMILES string of the molecule is CC12OC1[C@@H]1C[C@H]2C1(C)C. The van der Waals surface area contributed by atoms with Gasteiger partial charge in [-0.15, -0.1) is 0 Å². The van der Waals surface area contributed by atoms with Gasteiger partial charge in [0.15, 0.2) is 0 Å². The van der Waals surface area contributed by atoms with E-state index in [1.54, 1.807) is 0 Å². The van der Waals surface area contributed by atoms with Crippen molar-refractivity contribution in [3.05, 3.63) is 0 Å². The Morgan fingerprint density at radius 3 is 2.20 bits per heavy atom. The normalized spacial score (nSPS) is 66.9. The highest BCUT2D eigenvalue weighted by molar-refractivity contribution is 5.27. The van der Waals surface area contributed by atoms with Gasteiger partial charge in [-0.25, -0.2) is 0 Å². The standard InChI is InChI=1S/C9H14O/c1-8(2)5-4-6(8)9(3)7(5)10-9/h5-7H,4H2,1-3H3/t5-,6-,7?,9?/m0/s1. The topological polar surface area (TPSA) is 12.5 Å². The van der Waals surface area contributed by atoms with Crippen molar-refractivity contribution in [2.45, 2.75) is 38.9 Å². The Labute approximate surface area is 61.8 Å². The summed E-state index contributed by atoms with van der Waals surface area (Å²) in [4.78, 5) is 0. The third-order valence-corrected chi connectivity index (χ3v) is 4.29. The van der Waals surface area contributed by atoms with E-state index in [1.807, 2.05) is 0 Å². The molecule has 56 valence electrons. The molecule has 4 rings (SSSR count). The second-order valence-corrected chi connectivity index (χ2v) is 4.94. The molecule has 0 aromatic rings. The van der Waals surface area contributed by atoms with Gasteiger partial charge in [0.1, 0.15) is 0 Å². The second kappa shape index (κ2) is 1.08. The van der Waals surface area contributed by atoms with Crippen LogP contribution in [-0.2, 0) is 4.74 Å². The Bertz CT molecular complexity index is 204. The molecule has 4 aliphatic rings. The van der Waals surface area contributed by atoms with Crippen LogP contribution in [0.4, 0.5) is 0 Å². The molecule has 3 saturated carbocycles. The third kappa shape index (κ3) is 0.315. The molecule has 2 unspecified atom stereocenters. The highest BCUT2D eigenvalue weighted by Gasteiger charge is 2.79. The summed E-state index contributed by atoms with van der Waals surface area (Å²) in [5.41, 5.74) is 0.936. The fourth-order valence-corrected chi connectivity index (χ4v) is 3.45. The maximum Gasteiger partial charge on any atom is 0.0956 e. The lowest BCUT2D eigenvalue weighted by molar-refractivity contribution is -0.0603. The number of ether oxygens (including phenoxy) is 1. The molecule has 2 bridgehead atoms. The smallest absolute Gasteiger partial charge is 0.0956 e. The Balaban J connectivity index is 2.05. The monoisotopic (exact) mass is 138 g/mol. The summed E-state index contributed by atoms with van der Waals surface area (Å²) in [5.74, 6) is 1.76. The first-order valence-corrected chi connectivity index (χ1v) is 4.24. The molecule has 4 atom stereocenters. The molecule has 0 amide bonds. The number of hydrogen-bond acceptors (Lipinski definition) is 1. The maximum atomic E-state index is 5.64. The Hall–Kier alpha value is -0.0400. The zero-order valence-corrected chi connectivity index (χ0v) is 6.85. The van der Waals surface area contributed by atoms with Crippen LogP contribution in [0.5, 0.6) is 0 Å². The molecule has 4 fully saturated rings. The van der Waals surface area contributed by atoms with Gasteiger partial charge in [-0.05, 0) is 30.6 Å². The molecule has 1 nitrogen and oxygen atoms in total. The summed E-state index contributed by atoms with van der Waals surface area (Å²) in [6, 6.07) is 0. The summed E-state index contributed by atoms with van der Waals surface area (Å²) < 4.78 is 5.64. The largest absolute Gasteiger partial charge is 0.366 e. The van der Waals surface area contributed by atoms with E-state index in [2.05, 4.69) is 20.8 Å². The van der Waals surface area contributed by atoms with E-state index >= 15 is 0 Å². The minimum absolute atomic E-state index is 0.328. The first kappa shape index (κ1) is 5.59. The zero-order valence-electron chi connectivity index (χ0n) is 6.85. The molecule has 0 aromatic heterocycles. The fourth-order valence-electron chi connectivity index (χ4n) is 3.45. The molecule has 1 heteroatoms. The van der Waals surface area contributed by atoms with Crippen LogP contribution < -0.4 is 0 Å². The molecule has 10 heavy (non-hydrogen) atoms. The van der Waals surface area contributed by atoms with Crippen molar-refractivity contribution in [2.24, 2.45) is 17.3 Å². The van der Waals surface area contributed by atoms with Crippen molar-refractivity contribution in [3.63, 3.8) is 0 Å². The molecule has 0 spiro atoms. The van der Waals surface area contributed by atoms with Gasteiger partial charge in [-0.2, -0.15) is 0 Å². The van der Waals surface area contributed by atoms with Gasteiger partial charge in [0.2, 0.25) is 0 Å². The van der Waals surface area contributed by atoms with E-state index in [1.165, 1.54) is 6.42 Å². The van der Waals surface area contributed by atoms with Crippen molar-refractivity contribution >= 4 is 0 Å². The van der Waals surface area contributed by atoms with E-state index < -0.39 is 0 Å². The third-order valence-electron chi connectivity index (χ3n) is 4.29. The van der Waals surface area contributed by atoms with Crippen LogP contribution in [0.3, 0.4) is 0 Å². The molecular formula is C9H14O. The van der Waals surface area contributed by atoms with Crippen LogP contribution in [0.15, 0.2) is 0 Å². The van der Waals surface area contributed by atoms with Gasteiger partial charge in [0.05, 0.1) is 11.7 Å². The minimum Gasteiger partial charge on any atom is -0.366 e. The molecular weight excluding hydrogens is 124 g/mol. The molecule has 1 saturated heterocycles. The average molecular weight is 138 g/mol. The molecule has 3 aliphatic carbocycles. The molecule has 0 N–H and O–H groups in total. The highest BCUT2D eigenvalue weighted by atomic mass is 16.6. The lowest BCUT2D eigenvalue weighted by Crippen LogP contribution is -2.44. The number of hydrogen-bond donors (Lipinski definition) is 0. The second-order valence-electron chi connectivity index (χ2n) is 4.94. The van der Waals surface area contributed by atoms with Gasteiger partial charge in [-0.3, -0.25) is 0 Å². The van der Waals surface area contributed by atoms with Crippen molar-refractivity contribution in [2.75, 3.05) is 0 Å². The first-order chi connectivity index (χ1) is 4.57. The Morgan fingerprint density at radius 2 is 2.00 bits per heavy atom. The van der Waals surface area contributed by atoms with Gasteiger partial charge in [-0.1, -0.05) is 13.8 Å². The lowest BCUT2D eigenvalue weighted by atomic mass is 9.59. The zero-order chi connectivity index (χ0) is 7.15. The summed E-state index contributed by atoms with van der Waals surface area (Å²) in [6.07, 6.45) is 2.08. The van der Waals surface area contributed by atoms with Crippen LogP contribution in [0.2, 0.25) is 0 Å². The van der Waals surface area contributed by atoms with Gasteiger partial charge in [0, 0.05) is 0 Å². The van der Waals surface area contributed by atoms with Crippen LogP contribution in [-0.4, -0.2) is 11.7 Å². The van der Waals surface area contributed by atoms with Crippen LogP contribution in [0.1, 0.15) is 27.2 Å². The quantitative estimate of drug-likeness (QED) is 0.465. The van der Waals surface area contributed by atoms with Gasteiger partial charge >= 0.3 is 0 Å².